The molecule has 0 aliphatic carbocycles. The maximum absolute atomic E-state index is 5.75. The highest BCUT2D eigenvalue weighted by molar-refractivity contribution is 9.10. The first-order chi connectivity index (χ1) is 6.86. The van der Waals surface area contributed by atoms with Crippen LogP contribution in [0.4, 0.5) is 0 Å². The summed E-state index contributed by atoms with van der Waals surface area (Å²) in [5.74, 6) is 0. The molecule has 3 heteroatoms. The maximum Gasteiger partial charge on any atom is 0.0837 e. The van der Waals surface area contributed by atoms with Gasteiger partial charge in [0.25, 0.3) is 0 Å². The molecule has 1 aromatic carbocycles. The van der Waals surface area contributed by atoms with E-state index in [-0.39, 0.29) is 6.10 Å². The molecule has 1 N–H and O–H groups in total. The van der Waals surface area contributed by atoms with E-state index in [2.05, 4.69) is 45.5 Å². The Kier molecular flexibility index (Phi) is 3.56. The number of halogens is 1. The summed E-state index contributed by atoms with van der Waals surface area (Å²) in [5, 5.41) is 3.32. The Morgan fingerprint density at radius 3 is 2.79 bits per heavy atom. The minimum Gasteiger partial charge on any atom is -0.372 e. The third kappa shape index (κ3) is 2.56. The highest BCUT2D eigenvalue weighted by atomic mass is 79.9. The Morgan fingerprint density at radius 2 is 2.00 bits per heavy atom. The SMILES string of the molecule is Brc1ccc(C2CCNCCO2)cc1. The molecule has 0 radical (unpaired) electrons. The summed E-state index contributed by atoms with van der Waals surface area (Å²) in [6.45, 7) is 2.81. The number of hydrogen-bond donors (Lipinski definition) is 1. The van der Waals surface area contributed by atoms with E-state index in [9.17, 15) is 0 Å². The first kappa shape index (κ1) is 10.1. The predicted octanol–water partition coefficient (Wildman–Crippen LogP) is 2.50. The molecule has 1 heterocycles. The molecule has 2 nitrogen and oxygen atoms in total. The largest absolute Gasteiger partial charge is 0.372 e. The van der Waals surface area contributed by atoms with Gasteiger partial charge in [-0.1, -0.05) is 28.1 Å². The van der Waals surface area contributed by atoms with Gasteiger partial charge in [0, 0.05) is 11.0 Å². The van der Waals surface area contributed by atoms with E-state index in [1.807, 2.05) is 0 Å². The van der Waals surface area contributed by atoms with E-state index in [0.29, 0.717) is 0 Å². The number of nitrogens with one attached hydrogen (secondary N) is 1. The van der Waals surface area contributed by atoms with Crippen LogP contribution in [0.25, 0.3) is 0 Å². The van der Waals surface area contributed by atoms with E-state index in [1.54, 1.807) is 0 Å². The molecule has 0 amide bonds. The van der Waals surface area contributed by atoms with Gasteiger partial charge in [0.1, 0.15) is 0 Å². The molecular formula is C11H14BrNO. The van der Waals surface area contributed by atoms with Gasteiger partial charge in [-0.3, -0.25) is 0 Å². The van der Waals surface area contributed by atoms with Gasteiger partial charge in [-0.05, 0) is 30.7 Å². The molecule has 1 saturated heterocycles. The van der Waals surface area contributed by atoms with Crippen LogP contribution in [0, 0.1) is 0 Å². The molecule has 1 fully saturated rings. The normalized spacial score (nSPS) is 23.1. The topological polar surface area (TPSA) is 21.3 Å². The molecule has 1 aromatic rings. The molecular weight excluding hydrogens is 242 g/mol. The average Bonchev–Trinajstić information content (AvgIpc) is 2.47. The van der Waals surface area contributed by atoms with Crippen LogP contribution in [-0.4, -0.2) is 19.7 Å². The molecule has 1 aliphatic heterocycles. The lowest BCUT2D eigenvalue weighted by Crippen LogP contribution is -2.16. The fraction of sp³-hybridized carbons (Fsp3) is 0.455. The van der Waals surface area contributed by atoms with Crippen LogP contribution in [0.1, 0.15) is 18.1 Å². The molecule has 1 aliphatic rings. The first-order valence-corrected chi connectivity index (χ1v) is 5.73. The summed E-state index contributed by atoms with van der Waals surface area (Å²) in [6, 6.07) is 8.38. The molecule has 0 spiro atoms. The highest BCUT2D eigenvalue weighted by Crippen LogP contribution is 2.23. The smallest absolute Gasteiger partial charge is 0.0837 e. The van der Waals surface area contributed by atoms with E-state index in [0.717, 1.165) is 30.6 Å². The van der Waals surface area contributed by atoms with Crippen molar-refractivity contribution >= 4 is 15.9 Å². The van der Waals surface area contributed by atoms with Gasteiger partial charge in [-0.15, -0.1) is 0 Å². The van der Waals surface area contributed by atoms with E-state index >= 15 is 0 Å². The monoisotopic (exact) mass is 255 g/mol. The van der Waals surface area contributed by atoms with Crippen molar-refractivity contribution in [2.24, 2.45) is 0 Å². The zero-order chi connectivity index (χ0) is 9.80. The summed E-state index contributed by atoms with van der Waals surface area (Å²) in [4.78, 5) is 0. The Bertz CT molecular complexity index is 278. The van der Waals surface area contributed by atoms with Crippen LogP contribution in [-0.2, 0) is 4.74 Å². The van der Waals surface area contributed by atoms with E-state index in [1.165, 1.54) is 5.56 Å². The molecule has 1 unspecified atom stereocenters. The number of rotatable bonds is 1. The van der Waals surface area contributed by atoms with Gasteiger partial charge in [0.05, 0.1) is 12.7 Å². The standard InChI is InChI=1S/C11H14BrNO/c12-10-3-1-9(2-4-10)11-5-6-13-7-8-14-11/h1-4,11,13H,5-8H2. The first-order valence-electron chi connectivity index (χ1n) is 4.94. The van der Waals surface area contributed by atoms with Crippen LogP contribution in [0.15, 0.2) is 28.7 Å². The van der Waals surface area contributed by atoms with Crippen molar-refractivity contribution in [2.75, 3.05) is 19.7 Å². The van der Waals surface area contributed by atoms with Gasteiger partial charge in [-0.25, -0.2) is 0 Å². The quantitative estimate of drug-likeness (QED) is 0.833. The highest BCUT2D eigenvalue weighted by Gasteiger charge is 2.13. The fourth-order valence-electron chi connectivity index (χ4n) is 1.66. The summed E-state index contributed by atoms with van der Waals surface area (Å²) < 4.78 is 6.87. The molecule has 14 heavy (non-hydrogen) atoms. The van der Waals surface area contributed by atoms with Crippen molar-refractivity contribution in [1.29, 1.82) is 0 Å². The van der Waals surface area contributed by atoms with Gasteiger partial charge in [0.2, 0.25) is 0 Å². The molecule has 2 rings (SSSR count). The third-order valence-electron chi connectivity index (χ3n) is 2.42. The van der Waals surface area contributed by atoms with E-state index < -0.39 is 0 Å². The van der Waals surface area contributed by atoms with Gasteiger partial charge < -0.3 is 10.1 Å². The predicted molar refractivity (Wildman–Crippen MR) is 60.3 cm³/mol. The summed E-state index contributed by atoms with van der Waals surface area (Å²) in [6.07, 6.45) is 1.32. The van der Waals surface area contributed by atoms with Crippen LogP contribution in [0.2, 0.25) is 0 Å². The minimum absolute atomic E-state index is 0.262. The minimum atomic E-state index is 0.262. The third-order valence-corrected chi connectivity index (χ3v) is 2.95. The van der Waals surface area contributed by atoms with Crippen LogP contribution < -0.4 is 5.32 Å². The second kappa shape index (κ2) is 4.91. The van der Waals surface area contributed by atoms with Crippen molar-refractivity contribution in [2.45, 2.75) is 12.5 Å². The van der Waals surface area contributed by atoms with Gasteiger partial charge in [0.15, 0.2) is 0 Å². The Hall–Kier alpha value is -0.380. The zero-order valence-electron chi connectivity index (χ0n) is 8.00. The Labute approximate surface area is 92.8 Å². The molecule has 0 saturated carbocycles. The fourth-order valence-corrected chi connectivity index (χ4v) is 1.92. The number of ether oxygens (including phenoxy) is 1. The second-order valence-electron chi connectivity index (χ2n) is 3.45. The number of benzene rings is 1. The van der Waals surface area contributed by atoms with Crippen LogP contribution >= 0.6 is 15.9 Å². The zero-order valence-corrected chi connectivity index (χ0v) is 9.59. The summed E-state index contributed by atoms with van der Waals surface area (Å²) in [5.41, 5.74) is 1.27. The van der Waals surface area contributed by atoms with Crippen LogP contribution in [0.3, 0.4) is 0 Å². The van der Waals surface area contributed by atoms with Crippen LogP contribution in [0.5, 0.6) is 0 Å². The maximum atomic E-state index is 5.75. The lowest BCUT2D eigenvalue weighted by molar-refractivity contribution is 0.0644. The Morgan fingerprint density at radius 1 is 1.21 bits per heavy atom. The van der Waals surface area contributed by atoms with Crippen molar-refractivity contribution in [3.05, 3.63) is 34.3 Å². The average molecular weight is 256 g/mol. The second-order valence-corrected chi connectivity index (χ2v) is 4.37. The van der Waals surface area contributed by atoms with Crippen molar-refractivity contribution < 1.29 is 4.74 Å². The van der Waals surface area contributed by atoms with Crippen molar-refractivity contribution in [3.8, 4) is 0 Å². The Balaban J connectivity index is 2.08. The molecule has 0 bridgehead atoms. The molecule has 1 atom stereocenters. The summed E-state index contributed by atoms with van der Waals surface area (Å²) in [7, 11) is 0. The lowest BCUT2D eigenvalue weighted by atomic mass is 10.1. The number of hydrogen-bond acceptors (Lipinski definition) is 2. The lowest BCUT2D eigenvalue weighted by Gasteiger charge is -2.14. The van der Waals surface area contributed by atoms with Gasteiger partial charge >= 0.3 is 0 Å². The summed E-state index contributed by atoms with van der Waals surface area (Å²) >= 11 is 3.43. The molecule has 0 aromatic heterocycles. The molecule has 76 valence electrons. The van der Waals surface area contributed by atoms with Gasteiger partial charge in [-0.2, -0.15) is 0 Å². The van der Waals surface area contributed by atoms with Crippen molar-refractivity contribution in [1.82, 2.24) is 5.32 Å². The van der Waals surface area contributed by atoms with E-state index in [4.69, 9.17) is 4.74 Å². The van der Waals surface area contributed by atoms with Crippen molar-refractivity contribution in [3.63, 3.8) is 0 Å².